The maximum absolute atomic E-state index is 11.9. The number of benzene rings is 1. The Kier molecular flexibility index (Phi) is 4.26. The van der Waals surface area contributed by atoms with Crippen LogP contribution in [0.1, 0.15) is 22.8 Å². The molecule has 18 heavy (non-hydrogen) atoms. The van der Waals surface area contributed by atoms with E-state index in [0.717, 1.165) is 0 Å². The van der Waals surface area contributed by atoms with E-state index in [4.69, 9.17) is 5.14 Å². The molecular weight excluding hydrogens is 252 g/mol. The summed E-state index contributed by atoms with van der Waals surface area (Å²) >= 11 is 0. The fourth-order valence-corrected chi connectivity index (χ4v) is 2.01. The van der Waals surface area contributed by atoms with E-state index in [9.17, 15) is 13.2 Å². The highest BCUT2D eigenvalue weighted by Crippen LogP contribution is 2.14. The summed E-state index contributed by atoms with van der Waals surface area (Å²) in [5.41, 5.74) is 0.964. The second-order valence-corrected chi connectivity index (χ2v) is 5.58. The summed E-state index contributed by atoms with van der Waals surface area (Å²) in [4.78, 5) is 11.9. The number of sulfonamides is 1. The van der Waals surface area contributed by atoms with Crippen molar-refractivity contribution in [3.63, 3.8) is 0 Å². The number of rotatable bonds is 4. The molecule has 0 aliphatic rings. The van der Waals surface area contributed by atoms with Crippen LogP contribution in [0, 0.1) is 6.92 Å². The summed E-state index contributed by atoms with van der Waals surface area (Å²) in [6.45, 7) is 7.01. The monoisotopic (exact) mass is 268 g/mol. The van der Waals surface area contributed by atoms with Crippen LogP contribution >= 0.6 is 0 Å². The molecule has 1 aromatic rings. The van der Waals surface area contributed by atoms with Crippen molar-refractivity contribution in [2.75, 3.05) is 0 Å². The van der Waals surface area contributed by atoms with Gasteiger partial charge in [0.1, 0.15) is 0 Å². The van der Waals surface area contributed by atoms with E-state index in [1.807, 2.05) is 0 Å². The van der Waals surface area contributed by atoms with Crippen LogP contribution in [-0.4, -0.2) is 20.4 Å². The molecule has 0 saturated carbocycles. The van der Waals surface area contributed by atoms with Crippen molar-refractivity contribution >= 4 is 15.9 Å². The molecule has 5 nitrogen and oxygen atoms in total. The van der Waals surface area contributed by atoms with Crippen molar-refractivity contribution in [1.29, 1.82) is 0 Å². The standard InChI is InChI=1S/C12H16N2O3S/c1-4-9(3)14-12(15)11-6-5-10(7-8(11)2)18(13,16)17/h4-7,9H,1H2,2-3H3,(H,14,15)(H2,13,16,17). The maximum atomic E-state index is 11.9. The molecule has 0 spiro atoms. The molecular formula is C12H16N2O3S. The van der Waals surface area contributed by atoms with Gasteiger partial charge in [0.05, 0.1) is 4.90 Å². The van der Waals surface area contributed by atoms with E-state index in [2.05, 4.69) is 11.9 Å². The lowest BCUT2D eigenvalue weighted by Gasteiger charge is -2.11. The number of nitrogens with two attached hydrogens (primary N) is 1. The van der Waals surface area contributed by atoms with Gasteiger partial charge in [0.15, 0.2) is 0 Å². The van der Waals surface area contributed by atoms with Crippen LogP contribution in [0.25, 0.3) is 0 Å². The van der Waals surface area contributed by atoms with Crippen molar-refractivity contribution in [1.82, 2.24) is 5.32 Å². The molecule has 0 aromatic heterocycles. The van der Waals surface area contributed by atoms with Gasteiger partial charge in [0.25, 0.3) is 5.91 Å². The molecule has 3 N–H and O–H groups in total. The van der Waals surface area contributed by atoms with Crippen molar-refractivity contribution < 1.29 is 13.2 Å². The summed E-state index contributed by atoms with van der Waals surface area (Å²) < 4.78 is 22.3. The summed E-state index contributed by atoms with van der Waals surface area (Å²) in [5.74, 6) is -0.277. The van der Waals surface area contributed by atoms with Gasteiger partial charge in [-0.15, -0.1) is 6.58 Å². The highest BCUT2D eigenvalue weighted by Gasteiger charge is 2.14. The number of hydrogen-bond acceptors (Lipinski definition) is 3. The van der Waals surface area contributed by atoms with E-state index < -0.39 is 10.0 Å². The highest BCUT2D eigenvalue weighted by molar-refractivity contribution is 7.89. The van der Waals surface area contributed by atoms with Crippen LogP contribution in [0.3, 0.4) is 0 Å². The molecule has 0 aliphatic carbocycles. The van der Waals surface area contributed by atoms with Crippen molar-refractivity contribution in [3.8, 4) is 0 Å². The Morgan fingerprint density at radius 2 is 2.11 bits per heavy atom. The zero-order valence-corrected chi connectivity index (χ0v) is 11.1. The summed E-state index contributed by atoms with van der Waals surface area (Å²) in [6.07, 6.45) is 1.60. The third kappa shape index (κ3) is 3.41. The summed E-state index contributed by atoms with van der Waals surface area (Å²) in [7, 11) is -3.74. The van der Waals surface area contributed by atoms with Gasteiger partial charge in [0.2, 0.25) is 10.0 Å². The lowest BCUT2D eigenvalue weighted by Crippen LogP contribution is -2.31. The number of primary sulfonamides is 1. The highest BCUT2D eigenvalue weighted by atomic mass is 32.2. The van der Waals surface area contributed by atoms with Gasteiger partial charge >= 0.3 is 0 Å². The molecule has 0 bridgehead atoms. The first-order chi connectivity index (χ1) is 8.25. The van der Waals surface area contributed by atoms with E-state index in [-0.39, 0.29) is 16.8 Å². The smallest absolute Gasteiger partial charge is 0.251 e. The number of carbonyl (C=O) groups is 1. The first-order valence-corrected chi connectivity index (χ1v) is 6.87. The summed E-state index contributed by atoms with van der Waals surface area (Å²) in [6, 6.07) is 3.98. The molecule has 0 fully saturated rings. The van der Waals surface area contributed by atoms with Gasteiger partial charge in [-0.2, -0.15) is 0 Å². The van der Waals surface area contributed by atoms with E-state index in [1.54, 1.807) is 19.9 Å². The van der Waals surface area contributed by atoms with Gasteiger partial charge in [-0.1, -0.05) is 6.08 Å². The topological polar surface area (TPSA) is 89.3 Å². The molecule has 1 aromatic carbocycles. The van der Waals surface area contributed by atoms with E-state index in [0.29, 0.717) is 11.1 Å². The molecule has 0 saturated heterocycles. The lowest BCUT2D eigenvalue weighted by molar-refractivity contribution is 0.0946. The Morgan fingerprint density at radius 1 is 1.50 bits per heavy atom. The average molecular weight is 268 g/mol. The number of carbonyl (C=O) groups excluding carboxylic acids is 1. The van der Waals surface area contributed by atoms with E-state index in [1.165, 1.54) is 18.2 Å². The lowest BCUT2D eigenvalue weighted by atomic mass is 10.1. The molecule has 0 heterocycles. The molecule has 6 heteroatoms. The zero-order chi connectivity index (χ0) is 13.9. The normalized spacial score (nSPS) is 12.8. The zero-order valence-electron chi connectivity index (χ0n) is 10.3. The van der Waals surface area contributed by atoms with Crippen LogP contribution in [-0.2, 0) is 10.0 Å². The van der Waals surface area contributed by atoms with Gasteiger partial charge < -0.3 is 5.32 Å². The third-order valence-corrected chi connectivity index (χ3v) is 3.39. The first-order valence-electron chi connectivity index (χ1n) is 5.32. The fourth-order valence-electron chi connectivity index (χ4n) is 1.41. The summed E-state index contributed by atoms with van der Waals surface area (Å²) in [5, 5.41) is 7.72. The molecule has 1 rings (SSSR count). The SMILES string of the molecule is C=CC(C)NC(=O)c1ccc(S(N)(=O)=O)cc1C. The maximum Gasteiger partial charge on any atom is 0.251 e. The van der Waals surface area contributed by atoms with Crippen LogP contribution in [0.4, 0.5) is 0 Å². The first kappa shape index (κ1) is 14.4. The largest absolute Gasteiger partial charge is 0.346 e. The molecule has 1 atom stereocenters. The number of nitrogens with one attached hydrogen (secondary N) is 1. The van der Waals surface area contributed by atoms with Gasteiger partial charge in [-0.05, 0) is 37.6 Å². The minimum atomic E-state index is -3.74. The molecule has 1 amide bonds. The van der Waals surface area contributed by atoms with Gasteiger partial charge in [-0.3, -0.25) is 4.79 Å². The van der Waals surface area contributed by atoms with Crippen LogP contribution in [0.2, 0.25) is 0 Å². The molecule has 98 valence electrons. The van der Waals surface area contributed by atoms with Crippen LogP contribution in [0.15, 0.2) is 35.7 Å². The Labute approximate surface area is 107 Å². The van der Waals surface area contributed by atoms with E-state index >= 15 is 0 Å². The second kappa shape index (κ2) is 5.32. The average Bonchev–Trinajstić information content (AvgIpc) is 2.27. The Bertz CT molecular complexity index is 579. The van der Waals surface area contributed by atoms with Gasteiger partial charge in [0, 0.05) is 11.6 Å². The van der Waals surface area contributed by atoms with Crippen LogP contribution < -0.4 is 10.5 Å². The number of hydrogen-bond donors (Lipinski definition) is 2. The third-order valence-electron chi connectivity index (χ3n) is 2.48. The molecule has 0 radical (unpaired) electrons. The van der Waals surface area contributed by atoms with Crippen molar-refractivity contribution in [2.24, 2.45) is 5.14 Å². The predicted molar refractivity (Wildman–Crippen MR) is 69.7 cm³/mol. The molecule has 1 unspecified atom stereocenters. The van der Waals surface area contributed by atoms with Gasteiger partial charge in [-0.25, -0.2) is 13.6 Å². The second-order valence-electron chi connectivity index (χ2n) is 4.02. The Hall–Kier alpha value is -1.66. The molecule has 0 aliphatic heterocycles. The number of aryl methyl sites for hydroxylation is 1. The quantitative estimate of drug-likeness (QED) is 0.797. The number of amides is 1. The van der Waals surface area contributed by atoms with Crippen LogP contribution in [0.5, 0.6) is 0 Å². The minimum absolute atomic E-state index is 0.00619. The fraction of sp³-hybridized carbons (Fsp3) is 0.250. The Balaban J connectivity index is 3.07. The predicted octanol–water partition coefficient (Wildman–Crippen LogP) is 0.947. The minimum Gasteiger partial charge on any atom is -0.346 e. The Morgan fingerprint density at radius 3 is 2.56 bits per heavy atom. The van der Waals surface area contributed by atoms with Crippen molar-refractivity contribution in [3.05, 3.63) is 42.0 Å². The van der Waals surface area contributed by atoms with Crippen molar-refractivity contribution in [2.45, 2.75) is 24.8 Å².